The van der Waals surface area contributed by atoms with E-state index in [0.717, 1.165) is 0 Å². The summed E-state index contributed by atoms with van der Waals surface area (Å²) in [5.41, 5.74) is 0.347. The van der Waals surface area contributed by atoms with Crippen molar-refractivity contribution in [1.82, 2.24) is 9.97 Å². The number of esters is 1. The summed E-state index contributed by atoms with van der Waals surface area (Å²) in [6.45, 7) is -0.527. The van der Waals surface area contributed by atoms with Crippen LogP contribution in [-0.2, 0) is 14.3 Å². The maximum absolute atomic E-state index is 11.8. The van der Waals surface area contributed by atoms with Crippen molar-refractivity contribution in [1.29, 1.82) is 0 Å². The summed E-state index contributed by atoms with van der Waals surface area (Å²) in [6, 6.07) is 6.33. The highest BCUT2D eigenvalue weighted by Gasteiger charge is 2.13. The van der Waals surface area contributed by atoms with Crippen LogP contribution in [0.5, 0.6) is 0 Å². The van der Waals surface area contributed by atoms with Crippen LogP contribution in [0.25, 0.3) is 0 Å². The normalized spacial score (nSPS) is 10.1. The van der Waals surface area contributed by atoms with Crippen molar-refractivity contribution in [3.05, 3.63) is 46.7 Å². The average Bonchev–Trinajstić information content (AvgIpc) is 2.57. The van der Waals surface area contributed by atoms with Crippen molar-refractivity contribution in [3.8, 4) is 0 Å². The Morgan fingerprint density at radius 1 is 1.25 bits per heavy atom. The summed E-state index contributed by atoms with van der Waals surface area (Å²) in [5.74, 6) is -0.729. The first kappa shape index (κ1) is 18.0. The molecule has 24 heavy (non-hydrogen) atoms. The van der Waals surface area contributed by atoms with Gasteiger partial charge in [-0.2, -0.15) is 0 Å². The van der Waals surface area contributed by atoms with Gasteiger partial charge in [0, 0.05) is 24.5 Å². The topological polar surface area (TPSA) is 84.4 Å². The standard InChI is InChI=1S/C15H14Cl2N4O3/c1-21(15-18-5-2-6-19-15)8-14(23)24-9-13(22)20-12-7-10(16)3-4-11(12)17/h2-7H,8-9H2,1H3,(H,20,22). The fourth-order valence-electron chi connectivity index (χ4n) is 1.72. The molecule has 0 unspecified atom stereocenters. The lowest BCUT2D eigenvalue weighted by Crippen LogP contribution is -2.30. The molecule has 0 aliphatic carbocycles. The van der Waals surface area contributed by atoms with Gasteiger partial charge >= 0.3 is 5.97 Å². The van der Waals surface area contributed by atoms with E-state index in [9.17, 15) is 9.59 Å². The number of ether oxygens (including phenoxy) is 1. The van der Waals surface area contributed by atoms with Crippen LogP contribution in [0, 0.1) is 0 Å². The third-order valence-corrected chi connectivity index (χ3v) is 3.39. The number of carbonyl (C=O) groups excluding carboxylic acids is 2. The van der Waals surface area contributed by atoms with Crippen LogP contribution in [-0.4, -0.2) is 42.0 Å². The lowest BCUT2D eigenvalue weighted by atomic mass is 10.3. The van der Waals surface area contributed by atoms with Crippen molar-refractivity contribution in [2.24, 2.45) is 0 Å². The van der Waals surface area contributed by atoms with Gasteiger partial charge in [-0.25, -0.2) is 9.97 Å². The molecule has 0 aliphatic heterocycles. The largest absolute Gasteiger partial charge is 0.454 e. The number of benzene rings is 1. The summed E-state index contributed by atoms with van der Waals surface area (Å²) in [6.07, 6.45) is 3.12. The molecule has 0 bridgehead atoms. The van der Waals surface area contributed by atoms with E-state index in [1.807, 2.05) is 0 Å². The van der Waals surface area contributed by atoms with Gasteiger partial charge in [0.05, 0.1) is 10.7 Å². The maximum atomic E-state index is 11.8. The molecule has 0 radical (unpaired) electrons. The molecule has 0 spiro atoms. The lowest BCUT2D eigenvalue weighted by Gasteiger charge is -2.15. The van der Waals surface area contributed by atoms with Crippen LogP contribution in [0.1, 0.15) is 0 Å². The first-order chi connectivity index (χ1) is 11.5. The second-order valence-electron chi connectivity index (χ2n) is 4.74. The first-order valence-corrected chi connectivity index (χ1v) is 7.60. The molecule has 2 rings (SSSR count). The lowest BCUT2D eigenvalue weighted by molar-refractivity contribution is -0.145. The van der Waals surface area contributed by atoms with E-state index < -0.39 is 18.5 Å². The van der Waals surface area contributed by atoms with E-state index in [4.69, 9.17) is 27.9 Å². The van der Waals surface area contributed by atoms with Crippen LogP contribution in [0.15, 0.2) is 36.7 Å². The highest BCUT2D eigenvalue weighted by molar-refractivity contribution is 6.35. The fourth-order valence-corrected chi connectivity index (χ4v) is 2.06. The molecule has 1 aromatic heterocycles. The predicted molar refractivity (Wildman–Crippen MR) is 91.4 cm³/mol. The number of rotatable bonds is 6. The van der Waals surface area contributed by atoms with Crippen LogP contribution in [0.3, 0.4) is 0 Å². The highest BCUT2D eigenvalue weighted by atomic mass is 35.5. The van der Waals surface area contributed by atoms with Crippen LogP contribution >= 0.6 is 23.2 Å². The Labute approximate surface area is 148 Å². The zero-order valence-corrected chi connectivity index (χ0v) is 14.2. The van der Waals surface area contributed by atoms with Gasteiger partial charge in [0.2, 0.25) is 5.95 Å². The van der Waals surface area contributed by atoms with E-state index in [-0.39, 0.29) is 6.54 Å². The van der Waals surface area contributed by atoms with Crippen molar-refractivity contribution in [3.63, 3.8) is 0 Å². The third kappa shape index (κ3) is 5.36. The highest BCUT2D eigenvalue weighted by Crippen LogP contribution is 2.25. The van der Waals surface area contributed by atoms with Gasteiger partial charge in [-0.15, -0.1) is 0 Å². The second kappa shape index (κ2) is 8.47. The van der Waals surface area contributed by atoms with Gasteiger partial charge in [0.15, 0.2) is 6.61 Å². The monoisotopic (exact) mass is 368 g/mol. The van der Waals surface area contributed by atoms with Crippen molar-refractivity contribution >= 4 is 46.7 Å². The minimum absolute atomic E-state index is 0.0881. The Morgan fingerprint density at radius 3 is 2.67 bits per heavy atom. The van der Waals surface area contributed by atoms with Crippen molar-refractivity contribution in [2.45, 2.75) is 0 Å². The van der Waals surface area contributed by atoms with Gasteiger partial charge < -0.3 is 15.0 Å². The molecule has 2 aromatic rings. The van der Waals surface area contributed by atoms with E-state index >= 15 is 0 Å². The van der Waals surface area contributed by atoms with Gasteiger partial charge in [0.1, 0.15) is 6.54 Å². The minimum Gasteiger partial charge on any atom is -0.454 e. The van der Waals surface area contributed by atoms with Gasteiger partial charge in [0.25, 0.3) is 5.91 Å². The molecule has 0 fully saturated rings. The van der Waals surface area contributed by atoms with Gasteiger partial charge in [-0.1, -0.05) is 23.2 Å². The zero-order chi connectivity index (χ0) is 17.5. The number of amides is 1. The summed E-state index contributed by atoms with van der Waals surface area (Å²) < 4.78 is 4.91. The molecule has 0 aliphatic rings. The number of anilines is 2. The average molecular weight is 369 g/mol. The molecule has 1 amide bonds. The SMILES string of the molecule is CN(CC(=O)OCC(=O)Nc1cc(Cl)ccc1Cl)c1ncccn1. The fraction of sp³-hybridized carbons (Fsp3) is 0.200. The van der Waals surface area contributed by atoms with Crippen LogP contribution < -0.4 is 10.2 Å². The second-order valence-corrected chi connectivity index (χ2v) is 5.58. The van der Waals surface area contributed by atoms with Crippen molar-refractivity contribution in [2.75, 3.05) is 30.4 Å². The number of halogens is 2. The van der Waals surface area contributed by atoms with Crippen molar-refractivity contribution < 1.29 is 14.3 Å². The molecule has 1 N–H and O–H groups in total. The molecule has 1 heterocycles. The van der Waals surface area contributed by atoms with Gasteiger partial charge in [-0.3, -0.25) is 9.59 Å². The Morgan fingerprint density at radius 2 is 1.96 bits per heavy atom. The smallest absolute Gasteiger partial charge is 0.326 e. The molecule has 1 aromatic carbocycles. The number of aromatic nitrogens is 2. The van der Waals surface area contributed by atoms with E-state index in [1.165, 1.54) is 11.0 Å². The quantitative estimate of drug-likeness (QED) is 0.788. The van der Waals surface area contributed by atoms with E-state index in [2.05, 4.69) is 15.3 Å². The van der Waals surface area contributed by atoms with E-state index in [1.54, 1.807) is 37.6 Å². The van der Waals surface area contributed by atoms with Crippen LogP contribution in [0.4, 0.5) is 11.6 Å². The summed E-state index contributed by atoms with van der Waals surface area (Å²) in [4.78, 5) is 33.1. The molecule has 0 saturated heterocycles. The Kier molecular flexibility index (Phi) is 6.34. The predicted octanol–water partition coefficient (Wildman–Crippen LogP) is 2.40. The molecular formula is C15H14Cl2N4O3. The Balaban J connectivity index is 1.81. The Hall–Kier alpha value is -2.38. The molecule has 9 heteroatoms. The number of hydrogen-bond donors (Lipinski definition) is 1. The number of hydrogen-bond acceptors (Lipinski definition) is 6. The minimum atomic E-state index is -0.586. The number of likely N-dealkylation sites (N-methyl/N-ethyl adjacent to an activating group) is 1. The molecular weight excluding hydrogens is 355 g/mol. The zero-order valence-electron chi connectivity index (χ0n) is 12.7. The molecule has 126 valence electrons. The molecule has 0 saturated carbocycles. The molecule has 7 nitrogen and oxygen atoms in total. The number of nitrogens with one attached hydrogen (secondary N) is 1. The first-order valence-electron chi connectivity index (χ1n) is 6.84. The maximum Gasteiger partial charge on any atom is 0.326 e. The number of nitrogens with zero attached hydrogens (tertiary/aromatic N) is 3. The summed E-state index contributed by atoms with van der Waals surface area (Å²) in [5, 5.41) is 3.28. The molecule has 0 atom stereocenters. The number of carbonyl (C=O) groups is 2. The van der Waals surface area contributed by atoms with Gasteiger partial charge in [-0.05, 0) is 24.3 Å². The van der Waals surface area contributed by atoms with Crippen LogP contribution in [0.2, 0.25) is 10.0 Å². The summed E-state index contributed by atoms with van der Waals surface area (Å²) >= 11 is 11.8. The van der Waals surface area contributed by atoms with E-state index in [0.29, 0.717) is 21.7 Å². The third-order valence-electron chi connectivity index (χ3n) is 2.83. The summed E-state index contributed by atoms with van der Waals surface area (Å²) in [7, 11) is 1.64. The Bertz CT molecular complexity index is 728.